The summed E-state index contributed by atoms with van der Waals surface area (Å²) < 4.78 is 21.7. The first-order chi connectivity index (χ1) is 19.0. The number of carbonyl (C=O) groups is 2. The fourth-order valence-corrected chi connectivity index (χ4v) is 5.71. The van der Waals surface area contributed by atoms with E-state index in [-0.39, 0.29) is 23.2 Å². The minimum Gasteiger partial charge on any atom is -0.493 e. The molecule has 0 radical (unpaired) electrons. The summed E-state index contributed by atoms with van der Waals surface area (Å²) in [6.45, 7) is 3.77. The molecule has 1 spiro atoms. The van der Waals surface area contributed by atoms with Crippen molar-refractivity contribution in [2.75, 3.05) is 26.2 Å². The summed E-state index contributed by atoms with van der Waals surface area (Å²) in [7, 11) is 0. The fraction of sp³-hybridized carbons (Fsp3) is 0.467. The Balaban J connectivity index is 1.24. The molecule has 8 nitrogen and oxygen atoms in total. The van der Waals surface area contributed by atoms with Crippen molar-refractivity contribution in [1.29, 1.82) is 0 Å². The van der Waals surface area contributed by atoms with Crippen LogP contribution >= 0.6 is 0 Å². The SMILES string of the molecule is Cc1c(C(=O)N2CCC3(CCCCCc4ccccc4OCCCNC3=O)CC2)nnn1-c1ccccc1F. The van der Waals surface area contributed by atoms with E-state index in [1.807, 2.05) is 12.1 Å². The van der Waals surface area contributed by atoms with Crippen molar-refractivity contribution >= 4 is 11.8 Å². The standard InChI is InChI=1S/C30H36FN5O3/c1-22-27(33-34-36(22)25-13-6-5-12-24(25)31)28(37)35-19-16-30(17-20-35)15-8-2-3-10-23-11-4-7-14-26(23)39-21-9-18-32-29(30)38/h4-7,11-14H,2-3,8-10,15-21H2,1H3,(H,32,38). The summed E-state index contributed by atoms with van der Waals surface area (Å²) in [5.74, 6) is 0.356. The minimum absolute atomic E-state index is 0.0775. The lowest BCUT2D eigenvalue weighted by molar-refractivity contribution is -0.134. The smallest absolute Gasteiger partial charge is 0.276 e. The van der Waals surface area contributed by atoms with Gasteiger partial charge in [0.25, 0.3) is 5.91 Å². The number of carbonyl (C=O) groups excluding carboxylic acids is 2. The first kappa shape index (κ1) is 26.8. The maximum absolute atomic E-state index is 14.3. The summed E-state index contributed by atoms with van der Waals surface area (Å²) in [4.78, 5) is 28.6. The van der Waals surface area contributed by atoms with E-state index in [2.05, 4.69) is 27.8 Å². The van der Waals surface area contributed by atoms with Crippen molar-refractivity contribution in [1.82, 2.24) is 25.2 Å². The lowest BCUT2D eigenvalue weighted by Gasteiger charge is -2.40. The van der Waals surface area contributed by atoms with Gasteiger partial charge in [0.15, 0.2) is 5.69 Å². The van der Waals surface area contributed by atoms with Crippen LogP contribution in [0, 0.1) is 18.2 Å². The van der Waals surface area contributed by atoms with Gasteiger partial charge in [-0.3, -0.25) is 9.59 Å². The lowest BCUT2D eigenvalue weighted by Crippen LogP contribution is -2.50. The van der Waals surface area contributed by atoms with E-state index < -0.39 is 11.2 Å². The van der Waals surface area contributed by atoms with Crippen molar-refractivity contribution in [2.24, 2.45) is 5.41 Å². The molecule has 2 aromatic carbocycles. The van der Waals surface area contributed by atoms with E-state index in [1.54, 1.807) is 30.0 Å². The van der Waals surface area contributed by atoms with Crippen molar-refractivity contribution in [3.05, 3.63) is 71.3 Å². The number of hydrogen-bond donors (Lipinski definition) is 1. The van der Waals surface area contributed by atoms with Crippen LogP contribution in [0.2, 0.25) is 0 Å². The molecule has 9 heteroatoms. The molecular weight excluding hydrogens is 497 g/mol. The second kappa shape index (κ2) is 12.0. The predicted octanol–water partition coefficient (Wildman–Crippen LogP) is 4.64. The van der Waals surface area contributed by atoms with Gasteiger partial charge in [-0.1, -0.05) is 48.4 Å². The van der Waals surface area contributed by atoms with Gasteiger partial charge in [0, 0.05) is 19.6 Å². The Morgan fingerprint density at radius 3 is 2.59 bits per heavy atom. The third-order valence-electron chi connectivity index (χ3n) is 8.11. The van der Waals surface area contributed by atoms with Crippen LogP contribution in [0.1, 0.15) is 66.7 Å². The summed E-state index contributed by atoms with van der Waals surface area (Å²) in [5, 5.41) is 11.3. The van der Waals surface area contributed by atoms with Crippen molar-refractivity contribution in [2.45, 2.75) is 58.3 Å². The molecule has 0 saturated carbocycles. The zero-order chi connectivity index (χ0) is 27.2. The number of fused-ring (bicyclic) bond motifs is 1. The average molecular weight is 534 g/mol. The normalized spacial score (nSPS) is 18.5. The van der Waals surface area contributed by atoms with E-state index in [4.69, 9.17) is 4.74 Å². The van der Waals surface area contributed by atoms with E-state index >= 15 is 0 Å². The Bertz CT molecular complexity index is 1320. The van der Waals surface area contributed by atoms with Gasteiger partial charge in [-0.2, -0.15) is 0 Å². The molecule has 1 N–H and O–H groups in total. The van der Waals surface area contributed by atoms with Gasteiger partial charge in [-0.15, -0.1) is 5.10 Å². The van der Waals surface area contributed by atoms with Crippen LogP contribution in [-0.2, 0) is 11.2 Å². The molecule has 3 aromatic rings. The Morgan fingerprint density at radius 2 is 1.77 bits per heavy atom. The number of hydrogen-bond acceptors (Lipinski definition) is 5. The van der Waals surface area contributed by atoms with E-state index in [1.165, 1.54) is 16.3 Å². The molecule has 0 unspecified atom stereocenters. The van der Waals surface area contributed by atoms with Gasteiger partial charge in [0.1, 0.15) is 17.3 Å². The van der Waals surface area contributed by atoms with Gasteiger partial charge in [-0.25, -0.2) is 9.07 Å². The van der Waals surface area contributed by atoms with Crippen molar-refractivity contribution in [3.8, 4) is 11.4 Å². The molecule has 39 heavy (non-hydrogen) atoms. The van der Waals surface area contributed by atoms with Crippen LogP contribution < -0.4 is 10.1 Å². The highest BCUT2D eigenvalue weighted by Crippen LogP contribution is 2.38. The van der Waals surface area contributed by atoms with Gasteiger partial charge < -0.3 is 15.0 Å². The summed E-state index contributed by atoms with van der Waals surface area (Å²) in [6.07, 6.45) is 6.74. The summed E-state index contributed by atoms with van der Waals surface area (Å²) in [5.41, 5.74) is 1.71. The molecular formula is C30H36FN5O3. The molecule has 0 aliphatic carbocycles. The maximum atomic E-state index is 14.3. The second-order valence-corrected chi connectivity index (χ2v) is 10.6. The molecule has 2 amide bonds. The topological polar surface area (TPSA) is 89.3 Å². The highest BCUT2D eigenvalue weighted by atomic mass is 19.1. The summed E-state index contributed by atoms with van der Waals surface area (Å²) in [6, 6.07) is 14.5. The minimum atomic E-state index is -0.487. The third kappa shape index (κ3) is 5.82. The van der Waals surface area contributed by atoms with E-state index in [0.29, 0.717) is 44.8 Å². The predicted molar refractivity (Wildman–Crippen MR) is 145 cm³/mol. The molecule has 206 valence electrons. The quantitative estimate of drug-likeness (QED) is 0.519. The molecule has 1 fully saturated rings. The molecule has 2 aliphatic heterocycles. The van der Waals surface area contributed by atoms with E-state index in [0.717, 1.165) is 44.3 Å². The first-order valence-electron chi connectivity index (χ1n) is 13.9. The molecule has 1 saturated heterocycles. The average Bonchev–Trinajstić information content (AvgIpc) is 3.33. The van der Waals surface area contributed by atoms with Crippen LogP contribution in [0.15, 0.2) is 48.5 Å². The molecule has 5 rings (SSSR count). The van der Waals surface area contributed by atoms with Crippen LogP contribution in [0.3, 0.4) is 0 Å². The Labute approximate surface area is 228 Å². The summed E-state index contributed by atoms with van der Waals surface area (Å²) >= 11 is 0. The Morgan fingerprint density at radius 1 is 1.00 bits per heavy atom. The van der Waals surface area contributed by atoms with Gasteiger partial charge in [-0.05, 0) is 69.2 Å². The number of benzene rings is 2. The van der Waals surface area contributed by atoms with Crippen LogP contribution in [0.4, 0.5) is 4.39 Å². The number of halogens is 1. The molecule has 3 heterocycles. The largest absolute Gasteiger partial charge is 0.493 e. The number of ether oxygens (including phenoxy) is 1. The molecule has 0 atom stereocenters. The zero-order valence-electron chi connectivity index (χ0n) is 22.5. The molecule has 0 bridgehead atoms. The lowest BCUT2D eigenvalue weighted by atomic mass is 9.73. The van der Waals surface area contributed by atoms with Crippen LogP contribution in [-0.4, -0.2) is 57.9 Å². The highest BCUT2D eigenvalue weighted by molar-refractivity contribution is 5.93. The number of amides is 2. The van der Waals surface area contributed by atoms with E-state index in [9.17, 15) is 14.0 Å². The molecule has 2 aliphatic rings. The fourth-order valence-electron chi connectivity index (χ4n) is 5.71. The molecule has 1 aromatic heterocycles. The first-order valence-corrected chi connectivity index (χ1v) is 13.9. The van der Waals surface area contributed by atoms with Crippen LogP contribution in [0.5, 0.6) is 5.75 Å². The second-order valence-electron chi connectivity index (χ2n) is 10.6. The highest BCUT2D eigenvalue weighted by Gasteiger charge is 2.42. The van der Waals surface area contributed by atoms with Gasteiger partial charge >= 0.3 is 0 Å². The monoisotopic (exact) mass is 533 g/mol. The van der Waals surface area contributed by atoms with Crippen molar-refractivity contribution in [3.63, 3.8) is 0 Å². The Hall–Kier alpha value is -3.75. The number of aromatic nitrogens is 3. The van der Waals surface area contributed by atoms with Gasteiger partial charge in [0.05, 0.1) is 17.7 Å². The number of aryl methyl sites for hydroxylation is 1. The zero-order valence-corrected chi connectivity index (χ0v) is 22.5. The number of nitrogens with one attached hydrogen (secondary N) is 1. The maximum Gasteiger partial charge on any atom is 0.276 e. The number of nitrogens with zero attached hydrogens (tertiary/aromatic N) is 4. The van der Waals surface area contributed by atoms with Gasteiger partial charge in [0.2, 0.25) is 5.91 Å². The Kier molecular flexibility index (Phi) is 8.24. The number of rotatable bonds is 2. The third-order valence-corrected chi connectivity index (χ3v) is 8.11. The number of likely N-dealkylation sites (tertiary alicyclic amines) is 1. The van der Waals surface area contributed by atoms with Crippen molar-refractivity contribution < 1.29 is 18.7 Å². The number of piperidine rings is 1. The number of para-hydroxylation sites is 2. The van der Waals surface area contributed by atoms with Crippen LogP contribution in [0.25, 0.3) is 5.69 Å².